The Kier molecular flexibility index (Phi) is 6.13. The van der Waals surface area contributed by atoms with Crippen LogP contribution < -0.4 is 5.32 Å². The van der Waals surface area contributed by atoms with Crippen LogP contribution in [0.3, 0.4) is 0 Å². The lowest BCUT2D eigenvalue weighted by atomic mass is 10.2. The van der Waals surface area contributed by atoms with E-state index in [9.17, 15) is 14.0 Å². The Hall–Kier alpha value is -3.79. The van der Waals surface area contributed by atoms with Gasteiger partial charge in [-0.25, -0.2) is 19.0 Å². The van der Waals surface area contributed by atoms with E-state index in [1.54, 1.807) is 61.4 Å². The van der Waals surface area contributed by atoms with Crippen molar-refractivity contribution in [3.8, 4) is 5.69 Å². The number of hydrogen-bond acceptors (Lipinski definition) is 6. The molecule has 0 aliphatic carbocycles. The smallest absolute Gasteiger partial charge is 0.253 e. The molecule has 2 heterocycles. The van der Waals surface area contributed by atoms with E-state index in [1.807, 2.05) is 0 Å². The predicted molar refractivity (Wildman–Crippen MR) is 120 cm³/mol. The molecule has 10 heteroatoms. The zero-order valence-electron chi connectivity index (χ0n) is 17.3. The third-order valence-corrected chi connectivity index (χ3v) is 5.57. The molecule has 8 nitrogen and oxygen atoms in total. The first-order valence-corrected chi connectivity index (χ1v) is 10.6. The number of benzene rings is 2. The minimum absolute atomic E-state index is 0.104. The van der Waals surface area contributed by atoms with Crippen molar-refractivity contribution >= 4 is 40.3 Å². The van der Waals surface area contributed by atoms with Gasteiger partial charge in [-0.05, 0) is 48.5 Å². The molecule has 0 fully saturated rings. The number of nitrogens with one attached hydrogen (secondary N) is 1. The first kappa shape index (κ1) is 21.4. The van der Waals surface area contributed by atoms with Gasteiger partial charge in [0.05, 0.1) is 23.0 Å². The normalized spacial score (nSPS) is 10.8. The summed E-state index contributed by atoms with van der Waals surface area (Å²) >= 11 is 1.26. The van der Waals surface area contributed by atoms with Crippen molar-refractivity contribution < 1.29 is 14.0 Å². The van der Waals surface area contributed by atoms with Crippen LogP contribution in [0.2, 0.25) is 0 Å². The molecule has 4 aromatic rings. The zero-order chi connectivity index (χ0) is 22.7. The Labute approximate surface area is 187 Å². The molecule has 0 aliphatic rings. The molecule has 0 unspecified atom stereocenters. The molecule has 0 spiro atoms. The van der Waals surface area contributed by atoms with Crippen LogP contribution in [-0.2, 0) is 4.79 Å². The molecule has 0 saturated heterocycles. The lowest BCUT2D eigenvalue weighted by Gasteiger charge is -2.11. The molecule has 2 amide bonds. The number of hydrogen-bond donors (Lipinski definition) is 1. The minimum Gasteiger partial charge on any atom is -0.345 e. The number of nitrogens with zero attached hydrogens (tertiary/aromatic N) is 5. The summed E-state index contributed by atoms with van der Waals surface area (Å²) in [4.78, 5) is 34.4. The van der Waals surface area contributed by atoms with Gasteiger partial charge in [-0.3, -0.25) is 9.59 Å². The molecular weight excluding hydrogens is 431 g/mol. The summed E-state index contributed by atoms with van der Waals surface area (Å²) < 4.78 is 14.8. The van der Waals surface area contributed by atoms with Gasteiger partial charge in [-0.15, -0.1) is 0 Å². The zero-order valence-corrected chi connectivity index (χ0v) is 18.1. The van der Waals surface area contributed by atoms with Crippen LogP contribution >= 0.6 is 11.8 Å². The van der Waals surface area contributed by atoms with E-state index >= 15 is 0 Å². The quantitative estimate of drug-likeness (QED) is 0.358. The number of thioether (sulfide) groups is 1. The highest BCUT2D eigenvalue weighted by atomic mass is 32.2. The molecule has 0 radical (unpaired) electrons. The molecule has 162 valence electrons. The molecule has 0 atom stereocenters. The number of carbonyl (C=O) groups excluding carboxylic acids is 2. The lowest BCUT2D eigenvalue weighted by Crippen LogP contribution is -2.21. The first-order valence-electron chi connectivity index (χ1n) is 9.61. The molecular formula is C22H19FN6O2S. The average molecular weight is 450 g/mol. The van der Waals surface area contributed by atoms with Gasteiger partial charge in [0.2, 0.25) is 5.91 Å². The Morgan fingerprint density at radius 2 is 1.78 bits per heavy atom. The second-order valence-electron chi connectivity index (χ2n) is 7.06. The maximum atomic E-state index is 13.2. The number of rotatable bonds is 6. The van der Waals surface area contributed by atoms with Gasteiger partial charge in [-0.2, -0.15) is 5.10 Å². The summed E-state index contributed by atoms with van der Waals surface area (Å²) in [5.41, 5.74) is 2.38. The maximum Gasteiger partial charge on any atom is 0.253 e. The third-order valence-electron chi connectivity index (χ3n) is 4.56. The molecule has 2 aromatic heterocycles. The fraction of sp³-hybridized carbons (Fsp3) is 0.136. The third kappa shape index (κ3) is 4.59. The molecule has 1 N–H and O–H groups in total. The first-order chi connectivity index (χ1) is 15.4. The summed E-state index contributed by atoms with van der Waals surface area (Å²) in [5, 5.41) is 8.45. The minimum atomic E-state index is -0.332. The Balaban J connectivity index is 1.43. The molecule has 0 saturated carbocycles. The summed E-state index contributed by atoms with van der Waals surface area (Å²) in [6, 6.07) is 12.7. The molecule has 2 aromatic carbocycles. The van der Waals surface area contributed by atoms with E-state index in [4.69, 9.17) is 0 Å². The second-order valence-corrected chi connectivity index (χ2v) is 8.03. The van der Waals surface area contributed by atoms with Crippen LogP contribution in [0.15, 0.2) is 66.1 Å². The summed E-state index contributed by atoms with van der Waals surface area (Å²) in [6.45, 7) is 0. The van der Waals surface area contributed by atoms with E-state index in [0.29, 0.717) is 33.0 Å². The van der Waals surface area contributed by atoms with Crippen molar-refractivity contribution in [3.63, 3.8) is 0 Å². The van der Waals surface area contributed by atoms with Gasteiger partial charge < -0.3 is 10.2 Å². The fourth-order valence-corrected chi connectivity index (χ4v) is 3.76. The van der Waals surface area contributed by atoms with E-state index in [1.165, 1.54) is 35.1 Å². The predicted octanol–water partition coefficient (Wildman–Crippen LogP) is 3.39. The van der Waals surface area contributed by atoms with Gasteiger partial charge in [-0.1, -0.05) is 11.8 Å². The van der Waals surface area contributed by atoms with Gasteiger partial charge >= 0.3 is 0 Å². The Bertz CT molecular complexity index is 1270. The highest BCUT2D eigenvalue weighted by molar-refractivity contribution is 8.00. The topological polar surface area (TPSA) is 93.0 Å². The molecule has 0 aliphatic heterocycles. The number of halogens is 1. The van der Waals surface area contributed by atoms with E-state index in [-0.39, 0.29) is 23.4 Å². The summed E-state index contributed by atoms with van der Waals surface area (Å²) in [5.74, 6) is -0.514. The monoisotopic (exact) mass is 450 g/mol. The van der Waals surface area contributed by atoms with Crippen LogP contribution in [0.1, 0.15) is 10.4 Å². The van der Waals surface area contributed by atoms with Crippen LogP contribution in [0, 0.1) is 5.82 Å². The van der Waals surface area contributed by atoms with Crippen molar-refractivity contribution in [2.75, 3.05) is 25.2 Å². The van der Waals surface area contributed by atoms with Gasteiger partial charge in [0.15, 0.2) is 5.65 Å². The fourth-order valence-electron chi connectivity index (χ4n) is 2.99. The van der Waals surface area contributed by atoms with Crippen molar-refractivity contribution in [3.05, 3.63) is 72.4 Å². The molecule has 4 rings (SSSR count). The van der Waals surface area contributed by atoms with Crippen LogP contribution in [0.25, 0.3) is 16.7 Å². The number of carbonyl (C=O) groups is 2. The van der Waals surface area contributed by atoms with Crippen molar-refractivity contribution in [2.45, 2.75) is 5.03 Å². The van der Waals surface area contributed by atoms with Crippen LogP contribution in [0.5, 0.6) is 0 Å². The largest absolute Gasteiger partial charge is 0.345 e. The summed E-state index contributed by atoms with van der Waals surface area (Å²) in [6.07, 6.45) is 3.03. The van der Waals surface area contributed by atoms with Gasteiger partial charge in [0, 0.05) is 25.3 Å². The number of aromatic nitrogens is 4. The highest BCUT2D eigenvalue weighted by Gasteiger charge is 2.14. The maximum absolute atomic E-state index is 13.2. The molecule has 32 heavy (non-hydrogen) atoms. The van der Waals surface area contributed by atoms with Crippen molar-refractivity contribution in [2.24, 2.45) is 0 Å². The van der Waals surface area contributed by atoms with E-state index in [2.05, 4.69) is 20.4 Å². The second kappa shape index (κ2) is 9.15. The number of fused-ring (bicyclic) bond motifs is 1. The number of anilines is 1. The van der Waals surface area contributed by atoms with E-state index in [0.717, 1.165) is 0 Å². The lowest BCUT2D eigenvalue weighted by molar-refractivity contribution is -0.113. The summed E-state index contributed by atoms with van der Waals surface area (Å²) in [7, 11) is 3.37. The van der Waals surface area contributed by atoms with Gasteiger partial charge in [0.1, 0.15) is 17.2 Å². The number of amides is 2. The van der Waals surface area contributed by atoms with Crippen molar-refractivity contribution in [1.82, 2.24) is 24.6 Å². The van der Waals surface area contributed by atoms with Crippen LogP contribution in [-0.4, -0.2) is 56.3 Å². The van der Waals surface area contributed by atoms with E-state index < -0.39 is 0 Å². The van der Waals surface area contributed by atoms with Crippen LogP contribution in [0.4, 0.5) is 10.1 Å². The standard InChI is InChI=1S/C22H19FN6O2S/c1-28(2)22(31)14-3-7-16(8-4-14)27-19(30)12-32-21-18-11-26-29(20(18)24-13-25-21)17-9-5-15(23)6-10-17/h3-11,13H,12H2,1-2H3,(H,27,30). The highest BCUT2D eigenvalue weighted by Crippen LogP contribution is 2.26. The Morgan fingerprint density at radius 3 is 2.47 bits per heavy atom. The van der Waals surface area contributed by atoms with Gasteiger partial charge in [0.25, 0.3) is 5.91 Å². The SMILES string of the molecule is CN(C)C(=O)c1ccc(NC(=O)CSc2ncnc3c2cnn3-c2ccc(F)cc2)cc1. The Morgan fingerprint density at radius 1 is 1.06 bits per heavy atom. The average Bonchev–Trinajstić information content (AvgIpc) is 3.23. The van der Waals surface area contributed by atoms with Crippen molar-refractivity contribution in [1.29, 1.82) is 0 Å². The molecule has 0 bridgehead atoms.